The topological polar surface area (TPSA) is 38.3 Å². The van der Waals surface area contributed by atoms with Gasteiger partial charge in [-0.1, -0.05) is 66.8 Å². The van der Waals surface area contributed by atoms with E-state index in [9.17, 15) is 4.79 Å². The molecule has 1 N–H and O–H groups in total. The lowest BCUT2D eigenvalue weighted by Gasteiger charge is -2.19. The Labute approximate surface area is 127 Å². The number of allylic oxidation sites excluding steroid dienone is 4. The van der Waals surface area contributed by atoms with Crippen molar-refractivity contribution < 1.29 is 9.53 Å². The fourth-order valence-corrected chi connectivity index (χ4v) is 1.46. The average molecular weight is 285 g/mol. The second-order valence-corrected chi connectivity index (χ2v) is 5.47. The maximum atomic E-state index is 11.4. The maximum absolute atomic E-state index is 11.4. The summed E-state index contributed by atoms with van der Waals surface area (Å²) in [5.41, 5.74) is 0.702. The first-order chi connectivity index (χ1) is 9.97. The van der Waals surface area contributed by atoms with Gasteiger partial charge in [-0.05, 0) is 26.3 Å². The molecule has 21 heavy (non-hydrogen) atoms. The molecule has 1 rings (SSSR count). The van der Waals surface area contributed by atoms with Gasteiger partial charge in [0.1, 0.15) is 5.60 Å². The zero-order valence-corrected chi connectivity index (χ0v) is 12.9. The van der Waals surface area contributed by atoms with E-state index >= 15 is 0 Å². The molecule has 0 bridgehead atoms. The van der Waals surface area contributed by atoms with Crippen LogP contribution in [-0.4, -0.2) is 18.2 Å². The van der Waals surface area contributed by atoms with E-state index in [0.717, 1.165) is 5.56 Å². The molecule has 0 aromatic heterocycles. The summed E-state index contributed by atoms with van der Waals surface area (Å²) in [5.74, 6) is 0. The Bertz CT molecular complexity index is 508. The van der Waals surface area contributed by atoms with Gasteiger partial charge in [0.25, 0.3) is 0 Å². The molecule has 0 heterocycles. The van der Waals surface area contributed by atoms with Crippen molar-refractivity contribution >= 4 is 12.2 Å². The molecule has 0 aliphatic rings. The molecule has 3 heteroatoms. The fraction of sp³-hybridized carbons (Fsp3) is 0.278. The maximum Gasteiger partial charge on any atom is 0.407 e. The number of ether oxygens (including phenoxy) is 1. The van der Waals surface area contributed by atoms with Crippen LogP contribution in [0.3, 0.4) is 0 Å². The lowest BCUT2D eigenvalue weighted by Crippen LogP contribution is -2.32. The van der Waals surface area contributed by atoms with Crippen molar-refractivity contribution in [1.82, 2.24) is 5.32 Å². The minimum atomic E-state index is -0.462. The highest BCUT2D eigenvalue weighted by Gasteiger charge is 2.14. The Kier molecular flexibility index (Phi) is 7.02. The molecule has 0 aliphatic carbocycles. The van der Waals surface area contributed by atoms with Crippen LogP contribution in [0.2, 0.25) is 0 Å². The van der Waals surface area contributed by atoms with Gasteiger partial charge in [-0.3, -0.25) is 0 Å². The van der Waals surface area contributed by atoms with E-state index < -0.39 is 11.7 Å². The molecule has 0 saturated heterocycles. The number of rotatable bonds is 5. The van der Waals surface area contributed by atoms with Gasteiger partial charge >= 0.3 is 6.09 Å². The minimum absolute atomic E-state index is 0.403. The quantitative estimate of drug-likeness (QED) is 0.817. The molecule has 0 spiro atoms. The van der Waals surface area contributed by atoms with Crippen molar-refractivity contribution in [1.29, 1.82) is 0 Å². The van der Waals surface area contributed by atoms with E-state index in [4.69, 9.17) is 4.74 Å². The zero-order chi connectivity index (χ0) is 15.6. The Balaban J connectivity index is 2.21. The van der Waals surface area contributed by atoms with Crippen molar-refractivity contribution in [3.63, 3.8) is 0 Å². The second-order valence-electron chi connectivity index (χ2n) is 5.47. The van der Waals surface area contributed by atoms with E-state index in [0.29, 0.717) is 6.54 Å². The van der Waals surface area contributed by atoms with Crippen molar-refractivity contribution in [3.8, 4) is 0 Å². The smallest absolute Gasteiger partial charge is 0.407 e. The molecular formula is C18H23NO2. The molecule has 1 aromatic rings. The third kappa shape index (κ3) is 9.27. The molecule has 1 amide bonds. The van der Waals surface area contributed by atoms with Crippen LogP contribution in [0.5, 0.6) is 0 Å². The summed E-state index contributed by atoms with van der Waals surface area (Å²) in [6.45, 7) is 5.96. The van der Waals surface area contributed by atoms with E-state index in [-0.39, 0.29) is 0 Å². The molecule has 0 aliphatic heterocycles. The first kappa shape index (κ1) is 16.8. The monoisotopic (exact) mass is 285 g/mol. The summed E-state index contributed by atoms with van der Waals surface area (Å²) >= 11 is 0. The molecule has 0 atom stereocenters. The lowest BCUT2D eigenvalue weighted by molar-refractivity contribution is 0.0534. The number of carbonyl (C=O) groups is 1. The third-order valence-corrected chi connectivity index (χ3v) is 2.32. The highest BCUT2D eigenvalue weighted by atomic mass is 16.6. The summed E-state index contributed by atoms with van der Waals surface area (Å²) in [4.78, 5) is 11.4. The standard InChI is InChI=1S/C18H23NO2/c1-18(2,3)21-17(20)19-15-11-6-4-5-8-12-16-13-9-7-10-14-16/h4-14H,15H2,1-3H3,(H,19,20)/b5-4+,11-6+,12-8+. The summed E-state index contributed by atoms with van der Waals surface area (Å²) in [5, 5.41) is 2.66. The van der Waals surface area contributed by atoms with Crippen molar-refractivity contribution in [3.05, 3.63) is 66.3 Å². The number of benzene rings is 1. The van der Waals surface area contributed by atoms with E-state index in [1.165, 1.54) is 0 Å². The predicted octanol–water partition coefficient (Wildman–Crippen LogP) is 4.34. The van der Waals surface area contributed by atoms with Crippen LogP contribution in [0.1, 0.15) is 26.3 Å². The normalized spacial score (nSPS) is 12.3. The molecule has 3 nitrogen and oxygen atoms in total. The van der Waals surface area contributed by atoms with Gasteiger partial charge in [-0.2, -0.15) is 0 Å². The van der Waals surface area contributed by atoms with Crippen LogP contribution in [-0.2, 0) is 4.74 Å². The first-order valence-electron chi connectivity index (χ1n) is 6.99. The number of hydrogen-bond donors (Lipinski definition) is 1. The average Bonchev–Trinajstić information content (AvgIpc) is 2.41. The second kappa shape index (κ2) is 8.80. The van der Waals surface area contributed by atoms with Crippen molar-refractivity contribution in [2.45, 2.75) is 26.4 Å². The highest BCUT2D eigenvalue weighted by Crippen LogP contribution is 2.06. The summed E-state index contributed by atoms with van der Waals surface area (Å²) in [6, 6.07) is 10.1. The summed E-state index contributed by atoms with van der Waals surface area (Å²) < 4.78 is 5.12. The molecule has 0 unspecified atom stereocenters. The molecule has 112 valence electrons. The summed E-state index contributed by atoms with van der Waals surface area (Å²) in [6.07, 6.45) is 11.2. The van der Waals surface area contributed by atoms with Crippen LogP contribution < -0.4 is 5.32 Å². The molecule has 1 aromatic carbocycles. The van der Waals surface area contributed by atoms with Gasteiger partial charge in [0.05, 0.1) is 0 Å². The first-order valence-corrected chi connectivity index (χ1v) is 6.99. The largest absolute Gasteiger partial charge is 0.444 e. The Morgan fingerprint density at radius 1 is 1.10 bits per heavy atom. The summed E-state index contributed by atoms with van der Waals surface area (Å²) in [7, 11) is 0. The number of nitrogens with one attached hydrogen (secondary N) is 1. The zero-order valence-electron chi connectivity index (χ0n) is 12.9. The van der Waals surface area contributed by atoms with E-state index in [1.807, 2.05) is 87.6 Å². The Morgan fingerprint density at radius 2 is 1.76 bits per heavy atom. The number of carbonyl (C=O) groups excluding carboxylic acids is 1. The third-order valence-electron chi connectivity index (χ3n) is 2.32. The fourth-order valence-electron chi connectivity index (χ4n) is 1.46. The Hall–Kier alpha value is -2.29. The van der Waals surface area contributed by atoms with E-state index in [2.05, 4.69) is 5.32 Å². The number of hydrogen-bond acceptors (Lipinski definition) is 2. The van der Waals surface area contributed by atoms with Gasteiger partial charge in [0.15, 0.2) is 0 Å². The van der Waals surface area contributed by atoms with Crippen LogP contribution in [0.4, 0.5) is 4.79 Å². The van der Waals surface area contributed by atoms with Crippen molar-refractivity contribution in [2.75, 3.05) is 6.54 Å². The molecule has 0 fully saturated rings. The number of amides is 1. The van der Waals surface area contributed by atoms with Crippen LogP contribution >= 0.6 is 0 Å². The lowest BCUT2D eigenvalue weighted by atomic mass is 10.2. The van der Waals surface area contributed by atoms with E-state index in [1.54, 1.807) is 0 Å². The molecule has 0 radical (unpaired) electrons. The van der Waals surface area contributed by atoms with Gasteiger partial charge in [0, 0.05) is 6.54 Å². The van der Waals surface area contributed by atoms with Crippen LogP contribution in [0, 0.1) is 0 Å². The number of alkyl carbamates (subject to hydrolysis) is 1. The van der Waals surface area contributed by atoms with Gasteiger partial charge in [-0.15, -0.1) is 0 Å². The molecule has 0 saturated carbocycles. The van der Waals surface area contributed by atoms with Crippen LogP contribution in [0.25, 0.3) is 6.08 Å². The van der Waals surface area contributed by atoms with Gasteiger partial charge in [0.2, 0.25) is 0 Å². The highest BCUT2D eigenvalue weighted by molar-refractivity contribution is 5.67. The van der Waals surface area contributed by atoms with Gasteiger partial charge in [-0.25, -0.2) is 4.79 Å². The SMILES string of the molecule is CC(C)(C)OC(=O)NC/C=C/C=C/C=C/c1ccccc1. The van der Waals surface area contributed by atoms with Crippen molar-refractivity contribution in [2.24, 2.45) is 0 Å². The van der Waals surface area contributed by atoms with Crippen LogP contribution in [0.15, 0.2) is 60.7 Å². The Morgan fingerprint density at radius 3 is 2.43 bits per heavy atom. The van der Waals surface area contributed by atoms with Gasteiger partial charge < -0.3 is 10.1 Å². The minimum Gasteiger partial charge on any atom is -0.444 e. The molecular weight excluding hydrogens is 262 g/mol. The predicted molar refractivity (Wildman–Crippen MR) is 88.0 cm³/mol.